The van der Waals surface area contributed by atoms with E-state index in [1.807, 2.05) is 0 Å². The van der Waals surface area contributed by atoms with Crippen LogP contribution >= 0.6 is 0 Å². The highest BCUT2D eigenvalue weighted by Crippen LogP contribution is 2.30. The lowest BCUT2D eigenvalue weighted by molar-refractivity contribution is -0.137. The third-order valence-electron chi connectivity index (χ3n) is 4.55. The molecule has 3 rings (SSSR count). The van der Waals surface area contributed by atoms with Gasteiger partial charge in [0.05, 0.1) is 13.2 Å². The van der Waals surface area contributed by atoms with Gasteiger partial charge >= 0.3 is 0 Å². The van der Waals surface area contributed by atoms with Crippen LogP contribution in [0.15, 0.2) is 48.5 Å². The standard InChI is InChI=1S/C21H26O2/c1-3-5-17-8-12-19(13-9-17)21-15-22-20(14-23-21)18-10-6-16(4-2)7-11-18/h6-13,20-21H,3-5,14-15H2,1-2H3/t20-,21+/m0/s1. The highest BCUT2D eigenvalue weighted by Gasteiger charge is 2.24. The number of hydrogen-bond donors (Lipinski definition) is 0. The molecule has 0 saturated carbocycles. The lowest BCUT2D eigenvalue weighted by Gasteiger charge is -2.30. The molecule has 2 aromatic rings. The van der Waals surface area contributed by atoms with E-state index >= 15 is 0 Å². The van der Waals surface area contributed by atoms with Crippen LogP contribution in [0.25, 0.3) is 0 Å². The first kappa shape index (κ1) is 16.2. The minimum absolute atomic E-state index is 0.0523. The maximum Gasteiger partial charge on any atom is 0.106 e. The molecule has 0 bridgehead atoms. The van der Waals surface area contributed by atoms with E-state index in [9.17, 15) is 0 Å². The van der Waals surface area contributed by atoms with Gasteiger partial charge in [0, 0.05) is 0 Å². The van der Waals surface area contributed by atoms with Crippen LogP contribution in [-0.2, 0) is 22.3 Å². The summed E-state index contributed by atoms with van der Waals surface area (Å²) >= 11 is 0. The lowest BCUT2D eigenvalue weighted by Crippen LogP contribution is -2.25. The van der Waals surface area contributed by atoms with Crippen LogP contribution in [0.2, 0.25) is 0 Å². The minimum atomic E-state index is 0.0523. The highest BCUT2D eigenvalue weighted by atomic mass is 16.6. The molecule has 122 valence electrons. The molecule has 1 aliphatic rings. The van der Waals surface area contributed by atoms with Crippen molar-refractivity contribution in [2.24, 2.45) is 0 Å². The molecule has 1 saturated heterocycles. The third-order valence-corrected chi connectivity index (χ3v) is 4.55. The van der Waals surface area contributed by atoms with Crippen LogP contribution in [0.1, 0.15) is 54.7 Å². The molecule has 23 heavy (non-hydrogen) atoms. The van der Waals surface area contributed by atoms with Crippen molar-refractivity contribution in [1.29, 1.82) is 0 Å². The Morgan fingerprint density at radius 1 is 0.739 bits per heavy atom. The van der Waals surface area contributed by atoms with Gasteiger partial charge in [-0.05, 0) is 35.1 Å². The van der Waals surface area contributed by atoms with E-state index in [4.69, 9.17) is 9.47 Å². The van der Waals surface area contributed by atoms with Crippen molar-refractivity contribution < 1.29 is 9.47 Å². The fourth-order valence-electron chi connectivity index (χ4n) is 3.04. The molecule has 0 spiro atoms. The molecule has 2 nitrogen and oxygen atoms in total. The molecule has 2 aromatic carbocycles. The summed E-state index contributed by atoms with van der Waals surface area (Å²) in [4.78, 5) is 0. The predicted octanol–water partition coefficient (Wildman–Crippen LogP) is 5.03. The van der Waals surface area contributed by atoms with Crippen LogP contribution < -0.4 is 0 Å². The van der Waals surface area contributed by atoms with Crippen LogP contribution in [0.5, 0.6) is 0 Å². The summed E-state index contributed by atoms with van der Waals surface area (Å²) in [6.45, 7) is 5.62. The summed E-state index contributed by atoms with van der Waals surface area (Å²) in [7, 11) is 0. The predicted molar refractivity (Wildman–Crippen MR) is 93.6 cm³/mol. The van der Waals surface area contributed by atoms with Gasteiger partial charge in [-0.25, -0.2) is 0 Å². The summed E-state index contributed by atoms with van der Waals surface area (Å²) in [5, 5.41) is 0. The summed E-state index contributed by atoms with van der Waals surface area (Å²) in [5.74, 6) is 0. The van der Waals surface area contributed by atoms with E-state index in [-0.39, 0.29) is 12.2 Å². The molecule has 0 aromatic heterocycles. The maximum atomic E-state index is 6.06. The summed E-state index contributed by atoms with van der Waals surface area (Å²) in [5.41, 5.74) is 5.17. The maximum absolute atomic E-state index is 6.06. The Labute approximate surface area is 139 Å². The van der Waals surface area contributed by atoms with Gasteiger partial charge in [0.2, 0.25) is 0 Å². The van der Waals surface area contributed by atoms with Crippen LogP contribution in [0.3, 0.4) is 0 Å². The van der Waals surface area contributed by atoms with Crippen LogP contribution in [-0.4, -0.2) is 13.2 Å². The van der Waals surface area contributed by atoms with Gasteiger partial charge in [-0.15, -0.1) is 0 Å². The molecule has 1 aliphatic heterocycles. The lowest BCUT2D eigenvalue weighted by atomic mass is 10.0. The second-order valence-corrected chi connectivity index (χ2v) is 6.23. The monoisotopic (exact) mass is 310 g/mol. The molecule has 2 heteroatoms. The molecular formula is C21H26O2. The van der Waals surface area contributed by atoms with Crippen molar-refractivity contribution in [2.45, 2.75) is 45.3 Å². The van der Waals surface area contributed by atoms with Crippen molar-refractivity contribution >= 4 is 0 Å². The molecule has 0 unspecified atom stereocenters. The van der Waals surface area contributed by atoms with Crippen molar-refractivity contribution in [3.63, 3.8) is 0 Å². The van der Waals surface area contributed by atoms with Gasteiger partial charge in [-0.1, -0.05) is 68.8 Å². The largest absolute Gasteiger partial charge is 0.368 e. The Morgan fingerprint density at radius 2 is 1.22 bits per heavy atom. The molecule has 1 heterocycles. The Kier molecular flexibility index (Phi) is 5.47. The summed E-state index contributed by atoms with van der Waals surface area (Å²) < 4.78 is 12.1. The second-order valence-electron chi connectivity index (χ2n) is 6.23. The van der Waals surface area contributed by atoms with Crippen LogP contribution in [0, 0.1) is 0 Å². The smallest absolute Gasteiger partial charge is 0.106 e. The zero-order chi connectivity index (χ0) is 16.1. The van der Waals surface area contributed by atoms with Crippen molar-refractivity contribution in [2.75, 3.05) is 13.2 Å². The zero-order valence-corrected chi connectivity index (χ0v) is 14.1. The molecule has 0 aliphatic carbocycles. The number of ether oxygens (including phenoxy) is 2. The van der Waals surface area contributed by atoms with Gasteiger partial charge in [0.15, 0.2) is 0 Å². The second kappa shape index (κ2) is 7.76. The first-order valence-electron chi connectivity index (χ1n) is 8.71. The van der Waals surface area contributed by atoms with Crippen molar-refractivity contribution in [3.05, 3.63) is 70.8 Å². The average Bonchev–Trinajstić information content (AvgIpc) is 2.63. The van der Waals surface area contributed by atoms with Gasteiger partial charge in [-0.3, -0.25) is 0 Å². The van der Waals surface area contributed by atoms with E-state index in [1.54, 1.807) is 0 Å². The Morgan fingerprint density at radius 3 is 1.61 bits per heavy atom. The molecule has 0 amide bonds. The quantitative estimate of drug-likeness (QED) is 0.771. The molecular weight excluding hydrogens is 284 g/mol. The first-order valence-corrected chi connectivity index (χ1v) is 8.71. The normalized spacial score (nSPS) is 21.3. The number of benzene rings is 2. The SMILES string of the molecule is CCCc1ccc([C@H]2CO[C@H](c3ccc(CC)cc3)CO2)cc1. The van der Waals surface area contributed by atoms with Crippen LogP contribution in [0.4, 0.5) is 0 Å². The van der Waals surface area contributed by atoms with Crippen molar-refractivity contribution in [3.8, 4) is 0 Å². The van der Waals surface area contributed by atoms with Gasteiger partial charge in [0.25, 0.3) is 0 Å². The fourth-order valence-corrected chi connectivity index (χ4v) is 3.04. The fraction of sp³-hybridized carbons (Fsp3) is 0.429. The highest BCUT2D eigenvalue weighted by molar-refractivity contribution is 5.26. The average molecular weight is 310 g/mol. The molecule has 0 N–H and O–H groups in total. The summed E-state index contributed by atoms with van der Waals surface area (Å²) in [6.07, 6.45) is 3.49. The van der Waals surface area contributed by atoms with E-state index in [1.165, 1.54) is 28.7 Å². The third kappa shape index (κ3) is 4.01. The van der Waals surface area contributed by atoms with Gasteiger partial charge in [0.1, 0.15) is 12.2 Å². The Balaban J connectivity index is 1.59. The zero-order valence-electron chi connectivity index (χ0n) is 14.1. The number of hydrogen-bond acceptors (Lipinski definition) is 2. The Hall–Kier alpha value is -1.64. The number of aryl methyl sites for hydroxylation is 2. The van der Waals surface area contributed by atoms with E-state index in [0.717, 1.165) is 12.8 Å². The van der Waals surface area contributed by atoms with Gasteiger partial charge < -0.3 is 9.47 Å². The summed E-state index contributed by atoms with van der Waals surface area (Å²) in [6, 6.07) is 17.4. The number of rotatable bonds is 5. The van der Waals surface area contributed by atoms with Crippen molar-refractivity contribution in [1.82, 2.24) is 0 Å². The van der Waals surface area contributed by atoms with E-state index in [0.29, 0.717) is 13.2 Å². The molecule has 2 atom stereocenters. The molecule has 1 fully saturated rings. The first-order chi connectivity index (χ1) is 11.3. The molecule has 0 radical (unpaired) electrons. The minimum Gasteiger partial charge on any atom is -0.368 e. The van der Waals surface area contributed by atoms with E-state index < -0.39 is 0 Å². The van der Waals surface area contributed by atoms with Gasteiger partial charge in [-0.2, -0.15) is 0 Å². The topological polar surface area (TPSA) is 18.5 Å². The van der Waals surface area contributed by atoms with E-state index in [2.05, 4.69) is 62.4 Å². The Bertz CT molecular complexity index is 593.